The highest BCUT2D eigenvalue weighted by Crippen LogP contribution is 2.67. The maximum atomic E-state index is 13.6. The van der Waals surface area contributed by atoms with Crippen molar-refractivity contribution in [3.63, 3.8) is 0 Å². The molecule has 12 heteroatoms. The minimum Gasteiger partial charge on any atom is -0.482 e. The zero-order valence-electron chi connectivity index (χ0n) is 27.4. The number of rotatable bonds is 7. The van der Waals surface area contributed by atoms with E-state index in [4.69, 9.17) is 29.1 Å². The van der Waals surface area contributed by atoms with E-state index in [2.05, 4.69) is 4.98 Å². The maximum absolute atomic E-state index is 13.6. The van der Waals surface area contributed by atoms with E-state index in [9.17, 15) is 24.3 Å². The van der Waals surface area contributed by atoms with Gasteiger partial charge in [0.05, 0.1) is 6.10 Å². The average Bonchev–Trinajstić information content (AvgIpc) is 2.98. The first-order valence-electron chi connectivity index (χ1n) is 15.8. The van der Waals surface area contributed by atoms with Crippen LogP contribution >= 0.6 is 0 Å². The largest absolute Gasteiger partial charge is 0.482 e. The van der Waals surface area contributed by atoms with Gasteiger partial charge in [-0.25, -0.2) is 4.79 Å². The molecule has 2 fully saturated rings. The third-order valence-corrected chi connectivity index (χ3v) is 10.6. The Bertz CT molecular complexity index is 1560. The molecule has 9 atom stereocenters. The second-order valence-corrected chi connectivity index (χ2v) is 14.0. The molecule has 250 valence electrons. The lowest BCUT2D eigenvalue weighted by Crippen LogP contribution is -2.71. The molecule has 1 aliphatic heterocycles. The van der Waals surface area contributed by atoms with Crippen molar-refractivity contribution in [1.29, 1.82) is 0 Å². The molecule has 3 aliphatic rings. The van der Waals surface area contributed by atoms with Crippen LogP contribution in [-0.2, 0) is 28.6 Å². The van der Waals surface area contributed by atoms with E-state index >= 15 is 0 Å². The molecule has 2 aromatic heterocycles. The number of hydrogen-bond donors (Lipinski definition) is 2. The Labute approximate surface area is 267 Å². The van der Waals surface area contributed by atoms with Crippen molar-refractivity contribution in [1.82, 2.24) is 4.98 Å². The van der Waals surface area contributed by atoms with E-state index < -0.39 is 76.2 Å². The molecule has 2 aromatic rings. The second kappa shape index (κ2) is 12.1. The van der Waals surface area contributed by atoms with Crippen molar-refractivity contribution in [2.45, 2.75) is 97.7 Å². The smallest absolute Gasteiger partial charge is 0.345 e. The molecular weight excluding hydrogens is 596 g/mol. The van der Waals surface area contributed by atoms with E-state index in [-0.39, 0.29) is 36.0 Å². The number of hydrogen-bond acceptors (Lipinski definition) is 12. The summed E-state index contributed by atoms with van der Waals surface area (Å²) in [6.07, 6.45) is -0.353. The number of esters is 3. The maximum Gasteiger partial charge on any atom is 0.345 e. The Kier molecular flexibility index (Phi) is 8.84. The summed E-state index contributed by atoms with van der Waals surface area (Å²) in [7, 11) is 0. The average molecular weight is 641 g/mol. The van der Waals surface area contributed by atoms with Crippen molar-refractivity contribution in [2.24, 2.45) is 34.3 Å². The lowest BCUT2D eigenvalue weighted by atomic mass is 9.42. The van der Waals surface area contributed by atoms with Gasteiger partial charge < -0.3 is 34.2 Å². The number of aliphatic hydroxyl groups excluding tert-OH is 1. The Morgan fingerprint density at radius 1 is 1.11 bits per heavy atom. The van der Waals surface area contributed by atoms with E-state index in [0.717, 1.165) is 0 Å². The quantitative estimate of drug-likeness (QED) is 0.332. The van der Waals surface area contributed by atoms with E-state index in [0.29, 0.717) is 18.5 Å². The monoisotopic (exact) mass is 640 g/mol. The van der Waals surface area contributed by atoms with Crippen LogP contribution in [0, 0.1) is 28.6 Å². The molecule has 0 saturated heterocycles. The second-order valence-electron chi connectivity index (χ2n) is 14.0. The third-order valence-electron chi connectivity index (χ3n) is 10.6. The summed E-state index contributed by atoms with van der Waals surface area (Å²) in [5, 5.41) is 12.2. The molecule has 0 bridgehead atoms. The highest BCUT2D eigenvalue weighted by atomic mass is 16.6. The van der Waals surface area contributed by atoms with Crippen LogP contribution in [-0.4, -0.2) is 58.5 Å². The number of pyridine rings is 1. The number of carbonyl (C=O) groups is 3. The van der Waals surface area contributed by atoms with Gasteiger partial charge in [-0.15, -0.1) is 0 Å². The van der Waals surface area contributed by atoms with Gasteiger partial charge in [0.2, 0.25) is 0 Å². The Morgan fingerprint density at radius 2 is 1.83 bits per heavy atom. The lowest BCUT2D eigenvalue weighted by Gasteiger charge is -2.66. The van der Waals surface area contributed by atoms with Gasteiger partial charge in [-0.2, -0.15) is 0 Å². The predicted octanol–water partition coefficient (Wildman–Crippen LogP) is 3.72. The molecule has 0 amide bonds. The van der Waals surface area contributed by atoms with Gasteiger partial charge in [-0.05, 0) is 55.6 Å². The highest BCUT2D eigenvalue weighted by Gasteiger charge is 2.71. The van der Waals surface area contributed by atoms with E-state index in [1.165, 1.54) is 19.9 Å². The molecule has 2 aliphatic carbocycles. The fourth-order valence-electron chi connectivity index (χ4n) is 8.31. The van der Waals surface area contributed by atoms with Crippen molar-refractivity contribution >= 4 is 17.9 Å². The van der Waals surface area contributed by atoms with E-state index in [1.807, 2.05) is 27.7 Å². The lowest BCUT2D eigenvalue weighted by molar-refractivity contribution is -0.271. The van der Waals surface area contributed by atoms with Gasteiger partial charge in [0.15, 0.2) is 5.76 Å². The van der Waals surface area contributed by atoms with Crippen molar-refractivity contribution in [3.8, 4) is 17.2 Å². The molecule has 2 saturated carbocycles. The minimum absolute atomic E-state index is 0.0446. The third kappa shape index (κ3) is 5.59. The number of nitrogens with two attached hydrogens (primary N) is 1. The predicted molar refractivity (Wildman–Crippen MR) is 164 cm³/mol. The van der Waals surface area contributed by atoms with Gasteiger partial charge >= 0.3 is 23.5 Å². The summed E-state index contributed by atoms with van der Waals surface area (Å²) in [6.45, 7) is 11.8. The van der Waals surface area contributed by atoms with Gasteiger partial charge in [0, 0.05) is 37.4 Å². The van der Waals surface area contributed by atoms with Crippen LogP contribution in [0.4, 0.5) is 0 Å². The first kappa shape index (κ1) is 33.6. The van der Waals surface area contributed by atoms with Crippen molar-refractivity contribution in [3.05, 3.63) is 46.4 Å². The standard InChI is InChI=1S/C34H44N2O10/c1-17(2)27(35)31(41)45-25-15-23-32(5,12-11-24(43-19(4)38)33(23,6)16-42-18(3)37)29-28(39)26-22(46-34(25,29)7)14-21(44-30(26)40)20-10-8-9-13-36-20/h8-10,13-14,17,23-25,27-29,39H,11-12,15-16,35H2,1-7H3/t23?,24-,25-,27?,28-,29?,32-,33-,34+/m0/s1. The Morgan fingerprint density at radius 3 is 2.43 bits per heavy atom. The molecule has 0 radical (unpaired) electrons. The molecule has 3 unspecified atom stereocenters. The van der Waals surface area contributed by atoms with Crippen LogP contribution in [0.5, 0.6) is 5.75 Å². The zero-order chi connectivity index (χ0) is 33.8. The summed E-state index contributed by atoms with van der Waals surface area (Å²) < 4.78 is 30.0. The van der Waals surface area contributed by atoms with Crippen LogP contribution in [0.2, 0.25) is 0 Å². The van der Waals surface area contributed by atoms with Crippen molar-refractivity contribution in [2.75, 3.05) is 6.61 Å². The first-order valence-corrected chi connectivity index (χ1v) is 15.8. The summed E-state index contributed by atoms with van der Waals surface area (Å²) in [4.78, 5) is 55.6. The first-order chi connectivity index (χ1) is 21.5. The highest BCUT2D eigenvalue weighted by molar-refractivity contribution is 5.76. The molecule has 5 rings (SSSR count). The molecule has 3 N–H and O–H groups in total. The number of ether oxygens (including phenoxy) is 4. The van der Waals surface area contributed by atoms with Crippen molar-refractivity contribution < 1.29 is 42.9 Å². The molecule has 3 heterocycles. The van der Waals surface area contributed by atoms with Gasteiger partial charge in [0.1, 0.15) is 47.5 Å². The van der Waals surface area contributed by atoms with Gasteiger partial charge in [-0.3, -0.25) is 19.4 Å². The molecular formula is C34H44N2O10. The van der Waals surface area contributed by atoms with Crippen LogP contribution in [0.15, 0.2) is 39.7 Å². The van der Waals surface area contributed by atoms with Crippen LogP contribution in [0.25, 0.3) is 11.5 Å². The van der Waals surface area contributed by atoms with Crippen LogP contribution < -0.4 is 16.1 Å². The van der Waals surface area contributed by atoms with Crippen LogP contribution in [0.3, 0.4) is 0 Å². The summed E-state index contributed by atoms with van der Waals surface area (Å²) >= 11 is 0. The SMILES string of the molecule is CC(=O)OC[C@@]1(C)C2C[C@H](OC(=O)C(N)C(C)C)[C@@]3(C)Oc4cc(-c5ccccn5)oc(=O)c4[C@H](O)C3[C@@]2(C)CC[C@@H]1OC(C)=O. The molecule has 12 nitrogen and oxygen atoms in total. The van der Waals surface area contributed by atoms with Gasteiger partial charge in [0.25, 0.3) is 0 Å². The topological polar surface area (TPSA) is 177 Å². The fraction of sp³-hybridized carbons (Fsp3) is 0.618. The number of nitrogens with zero attached hydrogens (tertiary/aromatic N) is 1. The summed E-state index contributed by atoms with van der Waals surface area (Å²) in [5.41, 5.74) is 2.73. The normalized spacial score (nSPS) is 33.8. The Hall–Kier alpha value is -3.77. The molecule has 46 heavy (non-hydrogen) atoms. The summed E-state index contributed by atoms with van der Waals surface area (Å²) in [6, 6.07) is 5.77. The number of carbonyl (C=O) groups excluding carboxylic acids is 3. The van der Waals surface area contributed by atoms with Gasteiger partial charge in [-0.1, -0.05) is 33.8 Å². The number of aliphatic hydroxyl groups is 1. The number of fused-ring (bicyclic) bond motifs is 4. The summed E-state index contributed by atoms with van der Waals surface area (Å²) in [5.74, 6) is -2.82. The molecule has 0 spiro atoms. The minimum atomic E-state index is -1.39. The number of aromatic nitrogens is 1. The Balaban J connectivity index is 1.68. The van der Waals surface area contributed by atoms with Crippen LogP contribution in [0.1, 0.15) is 79.4 Å². The van der Waals surface area contributed by atoms with E-state index in [1.54, 1.807) is 31.3 Å². The zero-order valence-corrected chi connectivity index (χ0v) is 27.4. The fourth-order valence-corrected chi connectivity index (χ4v) is 8.31. The molecule has 0 aromatic carbocycles.